The van der Waals surface area contributed by atoms with E-state index in [0.29, 0.717) is 18.7 Å². The fraction of sp³-hybridized carbons (Fsp3) is 0.636. The van der Waals surface area contributed by atoms with Crippen LogP contribution in [0.3, 0.4) is 0 Å². The lowest BCUT2D eigenvalue weighted by Gasteiger charge is -2.25. The predicted molar refractivity (Wildman–Crippen MR) is 62.9 cm³/mol. The van der Waals surface area contributed by atoms with Crippen molar-refractivity contribution >= 4 is 17.9 Å². The molecule has 0 spiro atoms. The predicted octanol–water partition coefficient (Wildman–Crippen LogP) is 1.60. The Hall–Kier alpha value is -1.92. The molecule has 0 atom stereocenters. The molecule has 7 heteroatoms. The maximum atomic E-state index is 11.8. The van der Waals surface area contributed by atoms with Crippen molar-refractivity contribution in [1.29, 1.82) is 0 Å². The molecule has 0 fully saturated rings. The monoisotopic (exact) mass is 255 g/mol. The summed E-state index contributed by atoms with van der Waals surface area (Å²) in [6.45, 7) is 5.13. The number of hydrogen-bond donors (Lipinski definition) is 2. The molecule has 0 unspecified atom stereocenters. The molecule has 0 aromatic carbocycles. The molecule has 1 heterocycles. The summed E-state index contributed by atoms with van der Waals surface area (Å²) in [7, 11) is 0. The average molecular weight is 255 g/mol. The van der Waals surface area contributed by atoms with E-state index in [2.05, 4.69) is 15.5 Å². The third-order valence-electron chi connectivity index (χ3n) is 3.08. The van der Waals surface area contributed by atoms with Crippen LogP contribution in [0.25, 0.3) is 0 Å². The van der Waals surface area contributed by atoms with E-state index in [1.807, 2.05) is 0 Å². The molecule has 18 heavy (non-hydrogen) atoms. The van der Waals surface area contributed by atoms with Gasteiger partial charge >= 0.3 is 12.0 Å². The smallest absolute Gasteiger partial charge is 0.328 e. The zero-order valence-corrected chi connectivity index (χ0v) is 10.7. The van der Waals surface area contributed by atoms with Gasteiger partial charge in [0.25, 0.3) is 0 Å². The molecule has 100 valence electrons. The minimum absolute atomic E-state index is 0.0102. The van der Waals surface area contributed by atoms with Crippen LogP contribution < -0.4 is 5.32 Å². The summed E-state index contributed by atoms with van der Waals surface area (Å²) in [5.74, 6) is -1.00. The zero-order chi connectivity index (χ0) is 13.8. The number of carbonyl (C=O) groups is 2. The molecule has 1 amide bonds. The summed E-state index contributed by atoms with van der Waals surface area (Å²) < 4.78 is 4.74. The standard InChI is InChI=1S/C11H17N3O4/c1-4-11(5-2,9(16)17)6-8(15)13-10-12-7(3)14-18-10/h4-6H2,1-3H3,(H,16,17)(H,12,13,14,15). The first kappa shape index (κ1) is 14.1. The van der Waals surface area contributed by atoms with Gasteiger partial charge in [0.1, 0.15) is 0 Å². The number of amides is 1. The molecule has 1 aromatic rings. The fourth-order valence-corrected chi connectivity index (χ4v) is 1.70. The van der Waals surface area contributed by atoms with Gasteiger partial charge in [0.05, 0.1) is 5.41 Å². The number of rotatable bonds is 6. The average Bonchev–Trinajstić information content (AvgIpc) is 2.71. The summed E-state index contributed by atoms with van der Waals surface area (Å²) in [6, 6.07) is -0.0102. The van der Waals surface area contributed by atoms with Crippen LogP contribution in [0.15, 0.2) is 4.52 Å². The largest absolute Gasteiger partial charge is 0.481 e. The third kappa shape index (κ3) is 3.06. The first-order valence-electron chi connectivity index (χ1n) is 5.77. The van der Waals surface area contributed by atoms with Gasteiger partial charge in [0.2, 0.25) is 5.91 Å². The Balaban J connectivity index is 2.70. The van der Waals surface area contributed by atoms with Crippen molar-refractivity contribution in [3.05, 3.63) is 5.82 Å². The molecule has 0 aliphatic carbocycles. The van der Waals surface area contributed by atoms with Crippen LogP contribution in [-0.2, 0) is 9.59 Å². The lowest BCUT2D eigenvalue weighted by Crippen LogP contribution is -2.34. The van der Waals surface area contributed by atoms with Crippen molar-refractivity contribution in [3.63, 3.8) is 0 Å². The van der Waals surface area contributed by atoms with Gasteiger partial charge in [-0.2, -0.15) is 4.98 Å². The van der Waals surface area contributed by atoms with Crippen LogP contribution in [0.1, 0.15) is 38.9 Å². The van der Waals surface area contributed by atoms with E-state index in [0.717, 1.165) is 0 Å². The van der Waals surface area contributed by atoms with Crippen molar-refractivity contribution in [2.24, 2.45) is 5.41 Å². The van der Waals surface area contributed by atoms with Crippen molar-refractivity contribution in [3.8, 4) is 0 Å². The van der Waals surface area contributed by atoms with Gasteiger partial charge in [-0.15, -0.1) is 0 Å². The quantitative estimate of drug-likeness (QED) is 0.799. The first-order valence-corrected chi connectivity index (χ1v) is 5.77. The minimum atomic E-state index is -1.04. The molecule has 0 bridgehead atoms. The molecule has 0 aliphatic rings. The molecule has 7 nitrogen and oxygen atoms in total. The molecular formula is C11H17N3O4. The number of aromatic nitrogens is 2. The second kappa shape index (κ2) is 5.61. The van der Waals surface area contributed by atoms with Crippen LogP contribution in [0.5, 0.6) is 0 Å². The van der Waals surface area contributed by atoms with Gasteiger partial charge in [0, 0.05) is 6.42 Å². The summed E-state index contributed by atoms with van der Waals surface area (Å²) in [6.07, 6.45) is 0.654. The second-order valence-corrected chi connectivity index (χ2v) is 4.16. The third-order valence-corrected chi connectivity index (χ3v) is 3.08. The Morgan fingerprint density at radius 2 is 2.00 bits per heavy atom. The highest BCUT2D eigenvalue weighted by Crippen LogP contribution is 2.31. The van der Waals surface area contributed by atoms with Gasteiger partial charge < -0.3 is 9.63 Å². The number of carbonyl (C=O) groups excluding carboxylic acids is 1. The zero-order valence-electron chi connectivity index (χ0n) is 10.7. The molecular weight excluding hydrogens is 238 g/mol. The summed E-state index contributed by atoms with van der Waals surface area (Å²) >= 11 is 0. The van der Waals surface area contributed by atoms with Gasteiger partial charge in [-0.3, -0.25) is 14.9 Å². The lowest BCUT2D eigenvalue weighted by atomic mass is 9.79. The minimum Gasteiger partial charge on any atom is -0.481 e. The summed E-state index contributed by atoms with van der Waals surface area (Å²) in [5, 5.41) is 15.1. The lowest BCUT2D eigenvalue weighted by molar-refractivity contribution is -0.151. The van der Waals surface area contributed by atoms with E-state index < -0.39 is 17.3 Å². The van der Waals surface area contributed by atoms with Crippen LogP contribution in [0.2, 0.25) is 0 Å². The number of aliphatic carboxylic acids is 1. The number of nitrogens with zero attached hydrogens (tertiary/aromatic N) is 2. The first-order chi connectivity index (χ1) is 8.43. The molecule has 0 saturated carbocycles. The Labute approximate surface area is 105 Å². The number of carboxylic acids is 1. The maximum absolute atomic E-state index is 11.8. The van der Waals surface area contributed by atoms with Gasteiger partial charge in [0.15, 0.2) is 5.82 Å². The van der Waals surface area contributed by atoms with Crippen LogP contribution in [0.4, 0.5) is 6.01 Å². The molecule has 0 saturated heterocycles. The van der Waals surface area contributed by atoms with Gasteiger partial charge in [-0.1, -0.05) is 19.0 Å². The Morgan fingerprint density at radius 3 is 2.39 bits per heavy atom. The van der Waals surface area contributed by atoms with Gasteiger partial charge in [-0.05, 0) is 19.8 Å². The van der Waals surface area contributed by atoms with E-state index in [-0.39, 0.29) is 12.4 Å². The summed E-state index contributed by atoms with van der Waals surface area (Å²) in [4.78, 5) is 26.8. The second-order valence-electron chi connectivity index (χ2n) is 4.16. The Kier molecular flexibility index (Phi) is 4.41. The highest BCUT2D eigenvalue weighted by atomic mass is 16.5. The SMILES string of the molecule is CCC(CC)(CC(=O)Nc1nc(C)no1)C(=O)O. The molecule has 0 radical (unpaired) electrons. The number of hydrogen-bond acceptors (Lipinski definition) is 5. The summed E-state index contributed by atoms with van der Waals surface area (Å²) in [5.41, 5.74) is -1.04. The fourth-order valence-electron chi connectivity index (χ4n) is 1.70. The topological polar surface area (TPSA) is 105 Å². The Bertz CT molecular complexity index is 437. The number of aryl methyl sites for hydroxylation is 1. The van der Waals surface area contributed by atoms with Crippen LogP contribution >= 0.6 is 0 Å². The van der Waals surface area contributed by atoms with Gasteiger partial charge in [-0.25, -0.2) is 0 Å². The van der Waals surface area contributed by atoms with E-state index in [1.54, 1.807) is 20.8 Å². The van der Waals surface area contributed by atoms with E-state index >= 15 is 0 Å². The van der Waals surface area contributed by atoms with E-state index in [4.69, 9.17) is 4.52 Å². The normalized spacial score (nSPS) is 11.3. The number of anilines is 1. The number of nitrogens with one attached hydrogen (secondary N) is 1. The van der Waals surface area contributed by atoms with E-state index in [1.165, 1.54) is 0 Å². The molecule has 0 aliphatic heterocycles. The highest BCUT2D eigenvalue weighted by Gasteiger charge is 2.37. The van der Waals surface area contributed by atoms with E-state index in [9.17, 15) is 14.7 Å². The Morgan fingerprint density at radius 1 is 1.39 bits per heavy atom. The van der Waals surface area contributed by atoms with Crippen molar-refractivity contribution in [2.75, 3.05) is 5.32 Å². The van der Waals surface area contributed by atoms with Crippen LogP contribution in [-0.4, -0.2) is 27.1 Å². The van der Waals surface area contributed by atoms with Crippen molar-refractivity contribution in [2.45, 2.75) is 40.0 Å². The molecule has 1 aromatic heterocycles. The van der Waals surface area contributed by atoms with Crippen LogP contribution in [0, 0.1) is 12.3 Å². The molecule has 1 rings (SSSR count). The number of carboxylic acid groups (broad SMARTS) is 1. The van der Waals surface area contributed by atoms with Crippen molar-refractivity contribution < 1.29 is 19.2 Å². The maximum Gasteiger partial charge on any atom is 0.328 e. The molecule has 2 N–H and O–H groups in total. The highest BCUT2D eigenvalue weighted by molar-refractivity contribution is 5.92. The van der Waals surface area contributed by atoms with Crippen molar-refractivity contribution in [1.82, 2.24) is 10.1 Å².